The zero-order chi connectivity index (χ0) is 18.5. The third-order valence-corrected chi connectivity index (χ3v) is 4.46. The molecule has 144 valence electrons. The van der Waals surface area contributed by atoms with E-state index < -0.39 is 6.04 Å². The lowest BCUT2D eigenvalue weighted by molar-refractivity contribution is -0.117. The summed E-state index contributed by atoms with van der Waals surface area (Å²) in [6.45, 7) is 3.11. The topological polar surface area (TPSA) is 87.5 Å². The van der Waals surface area contributed by atoms with Crippen LogP contribution in [0.2, 0.25) is 0 Å². The van der Waals surface area contributed by atoms with Crippen LogP contribution in [0.15, 0.2) is 48.5 Å². The van der Waals surface area contributed by atoms with E-state index in [1.807, 2.05) is 55.5 Å². The molecule has 2 aromatic carbocycles. The van der Waals surface area contributed by atoms with E-state index >= 15 is 0 Å². The molecule has 3 amide bonds. The van der Waals surface area contributed by atoms with Crippen molar-refractivity contribution in [1.29, 1.82) is 0 Å². The summed E-state index contributed by atoms with van der Waals surface area (Å²) in [5, 5.41) is 5.67. The van der Waals surface area contributed by atoms with Gasteiger partial charge in [0.1, 0.15) is 0 Å². The van der Waals surface area contributed by atoms with Gasteiger partial charge >= 0.3 is 6.03 Å². The van der Waals surface area contributed by atoms with E-state index in [0.717, 1.165) is 23.2 Å². The highest BCUT2D eigenvalue weighted by molar-refractivity contribution is 5.98. The Kier molecular flexibility index (Phi) is 7.21. The highest BCUT2D eigenvalue weighted by Gasteiger charge is 2.25. The molecule has 7 heteroatoms. The van der Waals surface area contributed by atoms with Crippen LogP contribution in [-0.4, -0.2) is 31.1 Å². The summed E-state index contributed by atoms with van der Waals surface area (Å²) in [6, 6.07) is 14.6. The van der Waals surface area contributed by atoms with Crippen LogP contribution in [0.4, 0.5) is 16.2 Å². The largest absolute Gasteiger partial charge is 0.338 e. The normalized spacial score (nSPS) is 13.3. The van der Waals surface area contributed by atoms with E-state index in [0.29, 0.717) is 25.2 Å². The molecule has 1 atom stereocenters. The number of nitrogens with zero attached hydrogens (tertiary/aromatic N) is 1. The van der Waals surface area contributed by atoms with Gasteiger partial charge in [-0.1, -0.05) is 36.4 Å². The van der Waals surface area contributed by atoms with Crippen LogP contribution in [0, 0.1) is 0 Å². The lowest BCUT2D eigenvalue weighted by Crippen LogP contribution is -2.39. The van der Waals surface area contributed by atoms with E-state index in [2.05, 4.69) is 10.6 Å². The standard InChI is InChI=1S/C20H24N4O2.ClH/c1-2-22-20(26)24-11-10-15-8-9-16(13-18(15)24)23-19(25)17(21)12-14-6-4-3-5-7-14;/h3-9,13,17H,2,10-12,21H2,1H3,(H,22,26)(H,23,25);1H/t17-;/m0./s1. The minimum atomic E-state index is -0.634. The van der Waals surface area contributed by atoms with Crippen molar-refractivity contribution in [1.82, 2.24) is 5.32 Å². The Bertz CT molecular complexity index is 798. The summed E-state index contributed by atoms with van der Waals surface area (Å²) in [4.78, 5) is 26.3. The van der Waals surface area contributed by atoms with E-state index in [9.17, 15) is 9.59 Å². The summed E-state index contributed by atoms with van der Waals surface area (Å²) >= 11 is 0. The maximum absolute atomic E-state index is 12.4. The van der Waals surface area contributed by atoms with Crippen molar-refractivity contribution >= 4 is 35.7 Å². The number of carbonyl (C=O) groups excluding carboxylic acids is 2. The predicted octanol–water partition coefficient (Wildman–Crippen LogP) is 2.71. The third kappa shape index (κ3) is 4.99. The first-order chi connectivity index (χ1) is 12.6. The van der Waals surface area contributed by atoms with Crippen molar-refractivity contribution < 1.29 is 9.59 Å². The number of rotatable bonds is 5. The van der Waals surface area contributed by atoms with Crippen molar-refractivity contribution in [2.24, 2.45) is 5.73 Å². The number of hydrogen-bond acceptors (Lipinski definition) is 3. The smallest absolute Gasteiger partial charge is 0.321 e. The number of nitrogens with two attached hydrogens (primary N) is 1. The van der Waals surface area contributed by atoms with Gasteiger partial charge in [0.2, 0.25) is 5.91 Å². The fourth-order valence-corrected chi connectivity index (χ4v) is 3.11. The fraction of sp³-hybridized carbons (Fsp3) is 0.300. The number of hydrogen-bond donors (Lipinski definition) is 3. The molecule has 0 spiro atoms. The van der Waals surface area contributed by atoms with Crippen molar-refractivity contribution in [3.05, 3.63) is 59.7 Å². The second kappa shape index (κ2) is 9.39. The van der Waals surface area contributed by atoms with Crippen molar-refractivity contribution in [2.45, 2.75) is 25.8 Å². The quantitative estimate of drug-likeness (QED) is 0.735. The lowest BCUT2D eigenvalue weighted by Gasteiger charge is -2.19. The highest BCUT2D eigenvalue weighted by Crippen LogP contribution is 2.31. The summed E-state index contributed by atoms with van der Waals surface area (Å²) < 4.78 is 0. The molecule has 0 unspecified atom stereocenters. The van der Waals surface area contributed by atoms with Gasteiger partial charge in [-0.25, -0.2) is 4.79 Å². The summed E-state index contributed by atoms with van der Waals surface area (Å²) in [7, 11) is 0. The van der Waals surface area contributed by atoms with Crippen LogP contribution in [0.5, 0.6) is 0 Å². The van der Waals surface area contributed by atoms with E-state index in [-0.39, 0.29) is 24.3 Å². The van der Waals surface area contributed by atoms with Crippen LogP contribution in [0.1, 0.15) is 18.1 Å². The Morgan fingerprint density at radius 2 is 1.93 bits per heavy atom. The molecule has 0 aromatic heterocycles. The monoisotopic (exact) mass is 388 g/mol. The first-order valence-corrected chi connectivity index (χ1v) is 8.87. The van der Waals surface area contributed by atoms with Crippen LogP contribution >= 0.6 is 12.4 Å². The maximum Gasteiger partial charge on any atom is 0.321 e. The molecule has 0 fully saturated rings. The summed E-state index contributed by atoms with van der Waals surface area (Å²) in [5.41, 5.74) is 9.64. The molecule has 1 aliphatic heterocycles. The third-order valence-electron chi connectivity index (χ3n) is 4.46. The van der Waals surface area contributed by atoms with Crippen LogP contribution in [-0.2, 0) is 17.6 Å². The fourth-order valence-electron chi connectivity index (χ4n) is 3.11. The number of nitrogens with one attached hydrogen (secondary N) is 2. The lowest BCUT2D eigenvalue weighted by atomic mass is 10.1. The number of anilines is 2. The molecule has 1 aliphatic rings. The molecule has 27 heavy (non-hydrogen) atoms. The summed E-state index contributed by atoms with van der Waals surface area (Å²) in [6.07, 6.45) is 1.29. The van der Waals surface area contributed by atoms with Gasteiger partial charge < -0.3 is 16.4 Å². The number of urea groups is 1. The Hall–Kier alpha value is -2.57. The zero-order valence-electron chi connectivity index (χ0n) is 15.3. The molecule has 0 saturated heterocycles. The van der Waals surface area contributed by atoms with Gasteiger partial charge in [0.15, 0.2) is 0 Å². The van der Waals surface area contributed by atoms with Gasteiger partial charge in [-0.2, -0.15) is 0 Å². The molecule has 0 radical (unpaired) electrons. The van der Waals surface area contributed by atoms with Gasteiger partial charge in [0.05, 0.1) is 11.7 Å². The number of fused-ring (bicyclic) bond motifs is 1. The average Bonchev–Trinajstić information content (AvgIpc) is 3.06. The minimum Gasteiger partial charge on any atom is -0.338 e. The van der Waals surface area contributed by atoms with Gasteiger partial charge in [-0.15, -0.1) is 12.4 Å². The van der Waals surface area contributed by atoms with Crippen LogP contribution < -0.4 is 21.3 Å². The van der Waals surface area contributed by atoms with Gasteiger partial charge in [-0.05, 0) is 43.0 Å². The average molecular weight is 389 g/mol. The molecule has 0 aliphatic carbocycles. The van der Waals surface area contributed by atoms with E-state index in [1.165, 1.54) is 0 Å². The zero-order valence-corrected chi connectivity index (χ0v) is 16.1. The van der Waals surface area contributed by atoms with Crippen molar-refractivity contribution in [3.8, 4) is 0 Å². The number of amides is 3. The van der Waals surface area contributed by atoms with E-state index in [1.54, 1.807) is 4.90 Å². The molecule has 1 heterocycles. The maximum atomic E-state index is 12.4. The number of halogens is 1. The summed E-state index contributed by atoms with van der Waals surface area (Å²) in [5.74, 6) is -0.239. The highest BCUT2D eigenvalue weighted by atomic mass is 35.5. The molecule has 3 rings (SSSR count). The van der Waals surface area contributed by atoms with Crippen LogP contribution in [0.25, 0.3) is 0 Å². The van der Waals surface area contributed by atoms with Gasteiger partial charge in [-0.3, -0.25) is 9.69 Å². The van der Waals surface area contributed by atoms with Crippen molar-refractivity contribution in [2.75, 3.05) is 23.3 Å². The van der Waals surface area contributed by atoms with Crippen molar-refractivity contribution in [3.63, 3.8) is 0 Å². The molecular formula is C20H25ClN4O2. The Balaban J connectivity index is 0.00000261. The Morgan fingerprint density at radius 1 is 1.19 bits per heavy atom. The molecule has 2 aromatic rings. The molecule has 0 bridgehead atoms. The van der Waals surface area contributed by atoms with Gasteiger partial charge in [0.25, 0.3) is 0 Å². The second-order valence-corrected chi connectivity index (χ2v) is 6.37. The Labute approximate surface area is 165 Å². The van der Waals surface area contributed by atoms with Crippen LogP contribution in [0.3, 0.4) is 0 Å². The SMILES string of the molecule is CCNC(=O)N1CCc2ccc(NC(=O)[C@@H](N)Cc3ccccc3)cc21.Cl. The predicted molar refractivity (Wildman–Crippen MR) is 111 cm³/mol. The second-order valence-electron chi connectivity index (χ2n) is 6.37. The Morgan fingerprint density at radius 3 is 2.63 bits per heavy atom. The number of benzene rings is 2. The number of carbonyl (C=O) groups is 2. The first-order valence-electron chi connectivity index (χ1n) is 8.87. The molecule has 0 saturated carbocycles. The molecular weight excluding hydrogens is 364 g/mol. The molecule has 4 N–H and O–H groups in total. The first kappa shape index (κ1) is 20.7. The minimum absolute atomic E-state index is 0. The van der Waals surface area contributed by atoms with Gasteiger partial charge in [0, 0.05) is 18.8 Å². The van der Waals surface area contributed by atoms with E-state index in [4.69, 9.17) is 5.73 Å². The molecule has 6 nitrogen and oxygen atoms in total.